The zero-order valence-electron chi connectivity index (χ0n) is 22.8. The van der Waals surface area contributed by atoms with Crippen molar-refractivity contribution in [1.29, 1.82) is 0 Å². The van der Waals surface area contributed by atoms with Crippen molar-refractivity contribution < 1.29 is 0 Å². The average molecular weight is 513 g/mol. The first kappa shape index (κ1) is 25.3. The summed E-state index contributed by atoms with van der Waals surface area (Å²) >= 11 is 0. The maximum Gasteiger partial charge on any atom is -0.00263 e. The fourth-order valence-electron chi connectivity index (χ4n) is 6.41. The summed E-state index contributed by atoms with van der Waals surface area (Å²) in [5.41, 5.74) is 7.66. The standard InChI is InChI=1S/C40H32/c1-6-30(38-26(4)24-25-29-17-10-12-20-34(29)38)27(5)39-31(7-2)32(8-3)40(37-22-14-13-21-36(37)39)35-23-15-18-28-16-9-11-19-33(28)35/h6-14,16-22,24-25H,1-5,15,23H2. The molecule has 192 valence electrons. The molecule has 5 aromatic carbocycles. The third-order valence-corrected chi connectivity index (χ3v) is 8.16. The van der Waals surface area contributed by atoms with Gasteiger partial charge in [0, 0.05) is 0 Å². The second-order valence-electron chi connectivity index (χ2n) is 10.3. The lowest BCUT2D eigenvalue weighted by molar-refractivity contribution is 1.08. The second kappa shape index (κ2) is 10.3. The Labute approximate surface area is 235 Å². The van der Waals surface area contributed by atoms with Gasteiger partial charge < -0.3 is 0 Å². The van der Waals surface area contributed by atoms with Gasteiger partial charge in [-0.2, -0.15) is 0 Å². The molecule has 0 aromatic heterocycles. The van der Waals surface area contributed by atoms with Crippen molar-refractivity contribution in [3.8, 4) is 0 Å². The Hall–Kier alpha value is -4.94. The molecule has 0 unspecified atom stereocenters. The monoisotopic (exact) mass is 512 g/mol. The molecule has 0 spiro atoms. The van der Waals surface area contributed by atoms with E-state index in [1.54, 1.807) is 0 Å². The Morgan fingerprint density at radius 2 is 1.38 bits per heavy atom. The van der Waals surface area contributed by atoms with Gasteiger partial charge in [-0.15, -0.1) is 0 Å². The number of hydrogen-bond donors (Lipinski definition) is 0. The molecule has 0 saturated heterocycles. The number of rotatable bonds is 6. The molecule has 0 nitrogen and oxygen atoms in total. The highest BCUT2D eigenvalue weighted by Crippen LogP contribution is 2.41. The van der Waals surface area contributed by atoms with Gasteiger partial charge in [0.15, 0.2) is 0 Å². The van der Waals surface area contributed by atoms with Gasteiger partial charge >= 0.3 is 0 Å². The van der Waals surface area contributed by atoms with Crippen LogP contribution < -0.4 is 20.9 Å². The summed E-state index contributed by atoms with van der Waals surface area (Å²) in [4.78, 5) is 0. The summed E-state index contributed by atoms with van der Waals surface area (Å²) in [6.07, 6.45) is 10.2. The molecule has 0 amide bonds. The van der Waals surface area contributed by atoms with Gasteiger partial charge in [-0.3, -0.25) is 0 Å². The van der Waals surface area contributed by atoms with Crippen molar-refractivity contribution in [2.45, 2.75) is 12.8 Å². The molecule has 6 rings (SSSR count). The minimum Gasteiger partial charge on any atom is -0.0984 e. The van der Waals surface area contributed by atoms with E-state index in [-0.39, 0.29) is 0 Å². The van der Waals surface area contributed by atoms with Gasteiger partial charge in [-0.25, -0.2) is 0 Å². The first-order valence-electron chi connectivity index (χ1n) is 13.7. The number of fused-ring (bicyclic) bond motifs is 3. The summed E-state index contributed by atoms with van der Waals surface area (Å²) in [5.74, 6) is 0. The SMILES string of the molecule is C=CC(C(=C)c1c(C=C)c(C=C)c(C2=c3ccccc3=CCC2)c2ccccc12)=c1c(=C)ccc2ccccc12. The molecule has 0 saturated carbocycles. The van der Waals surface area contributed by atoms with Gasteiger partial charge in [0.25, 0.3) is 0 Å². The molecule has 0 N–H and O–H groups in total. The molecular formula is C40H32. The molecule has 5 aromatic rings. The molecular weight excluding hydrogens is 480 g/mol. The highest BCUT2D eigenvalue weighted by molar-refractivity contribution is 6.14. The lowest BCUT2D eigenvalue weighted by Crippen LogP contribution is -2.29. The van der Waals surface area contributed by atoms with Crippen LogP contribution in [-0.2, 0) is 0 Å². The molecule has 1 aliphatic carbocycles. The Morgan fingerprint density at radius 3 is 2.12 bits per heavy atom. The summed E-state index contributed by atoms with van der Waals surface area (Å²) in [5, 5.41) is 9.24. The normalized spacial score (nSPS) is 13.3. The summed E-state index contributed by atoms with van der Waals surface area (Å²) in [7, 11) is 0. The third-order valence-electron chi connectivity index (χ3n) is 8.16. The van der Waals surface area contributed by atoms with Crippen LogP contribution in [0.15, 0.2) is 117 Å². The van der Waals surface area contributed by atoms with Crippen LogP contribution in [0, 0.1) is 0 Å². The van der Waals surface area contributed by atoms with Crippen molar-refractivity contribution in [3.05, 3.63) is 160 Å². The van der Waals surface area contributed by atoms with Crippen molar-refractivity contribution in [2.75, 3.05) is 0 Å². The Balaban J connectivity index is 1.78. The molecule has 0 radical (unpaired) electrons. The van der Waals surface area contributed by atoms with E-state index in [0.717, 1.165) is 67.3 Å². The maximum absolute atomic E-state index is 4.70. The molecule has 1 aliphatic rings. The maximum atomic E-state index is 4.70. The Kier molecular flexibility index (Phi) is 6.54. The van der Waals surface area contributed by atoms with E-state index in [4.69, 9.17) is 6.58 Å². The summed E-state index contributed by atoms with van der Waals surface area (Å²) in [6.45, 7) is 21.9. The number of allylic oxidation sites excluding steroid dienone is 2. The van der Waals surface area contributed by atoms with E-state index in [2.05, 4.69) is 117 Å². The third kappa shape index (κ3) is 3.92. The zero-order valence-corrected chi connectivity index (χ0v) is 22.8. The van der Waals surface area contributed by atoms with E-state index in [0.29, 0.717) is 0 Å². The molecule has 0 atom stereocenters. The number of hydrogen-bond acceptors (Lipinski definition) is 0. The van der Waals surface area contributed by atoms with Gasteiger partial charge in [0.05, 0.1) is 0 Å². The summed E-state index contributed by atoms with van der Waals surface area (Å²) < 4.78 is 0. The lowest BCUT2D eigenvalue weighted by atomic mass is 9.79. The van der Waals surface area contributed by atoms with Crippen LogP contribution >= 0.6 is 0 Å². The predicted octanol–water partition coefficient (Wildman–Crippen LogP) is 7.51. The minimum atomic E-state index is 0.902. The average Bonchev–Trinajstić information content (AvgIpc) is 3.00. The van der Waals surface area contributed by atoms with E-state index in [1.165, 1.54) is 27.0 Å². The van der Waals surface area contributed by atoms with E-state index >= 15 is 0 Å². The molecule has 0 bridgehead atoms. The van der Waals surface area contributed by atoms with Crippen molar-refractivity contribution in [3.63, 3.8) is 0 Å². The highest BCUT2D eigenvalue weighted by Gasteiger charge is 2.22. The molecule has 0 heteroatoms. The van der Waals surface area contributed by atoms with Gasteiger partial charge in [-0.1, -0.05) is 142 Å². The van der Waals surface area contributed by atoms with E-state index in [9.17, 15) is 0 Å². The van der Waals surface area contributed by atoms with Crippen molar-refractivity contribution in [1.82, 2.24) is 0 Å². The smallest absolute Gasteiger partial charge is 0.00263 e. The minimum absolute atomic E-state index is 0.902. The highest BCUT2D eigenvalue weighted by atomic mass is 14.3. The van der Waals surface area contributed by atoms with Crippen molar-refractivity contribution >= 4 is 63.1 Å². The van der Waals surface area contributed by atoms with Crippen LogP contribution in [0.5, 0.6) is 0 Å². The molecule has 0 aliphatic heterocycles. The first-order chi connectivity index (χ1) is 19.6. The van der Waals surface area contributed by atoms with Crippen LogP contribution in [0.25, 0.3) is 63.1 Å². The second-order valence-corrected chi connectivity index (χ2v) is 10.3. The molecule has 40 heavy (non-hydrogen) atoms. The van der Waals surface area contributed by atoms with Gasteiger partial charge in [0.2, 0.25) is 0 Å². The number of benzene rings is 5. The largest absolute Gasteiger partial charge is 0.0984 e. The van der Waals surface area contributed by atoms with Crippen LogP contribution in [0.4, 0.5) is 0 Å². The van der Waals surface area contributed by atoms with Crippen LogP contribution in [0.1, 0.15) is 35.1 Å². The predicted molar refractivity (Wildman–Crippen MR) is 177 cm³/mol. The lowest BCUT2D eigenvalue weighted by Gasteiger charge is -2.24. The van der Waals surface area contributed by atoms with Crippen molar-refractivity contribution in [2.24, 2.45) is 0 Å². The Morgan fingerprint density at radius 1 is 0.700 bits per heavy atom. The van der Waals surface area contributed by atoms with Gasteiger partial charge in [-0.05, 0) is 94.2 Å². The quantitative estimate of drug-likeness (QED) is 0.221. The van der Waals surface area contributed by atoms with Gasteiger partial charge in [0.1, 0.15) is 0 Å². The van der Waals surface area contributed by atoms with E-state index in [1.807, 2.05) is 18.2 Å². The fraction of sp³-hybridized carbons (Fsp3) is 0.0500. The Bertz CT molecular complexity index is 2130. The summed E-state index contributed by atoms with van der Waals surface area (Å²) in [6, 6.07) is 30.0. The zero-order chi connectivity index (χ0) is 27.8. The fourth-order valence-corrected chi connectivity index (χ4v) is 6.41. The van der Waals surface area contributed by atoms with Crippen LogP contribution in [-0.4, -0.2) is 0 Å². The van der Waals surface area contributed by atoms with E-state index < -0.39 is 0 Å². The topological polar surface area (TPSA) is 0 Å². The molecule has 0 fully saturated rings. The van der Waals surface area contributed by atoms with Crippen LogP contribution in [0.2, 0.25) is 0 Å². The molecule has 0 heterocycles. The van der Waals surface area contributed by atoms with Crippen LogP contribution in [0.3, 0.4) is 0 Å². The first-order valence-corrected chi connectivity index (χ1v) is 13.7.